The highest BCUT2D eigenvalue weighted by Crippen LogP contribution is 2.38. The Morgan fingerprint density at radius 3 is 2.17 bits per heavy atom. The zero-order valence-electron chi connectivity index (χ0n) is 29.4. The molecule has 0 saturated carbocycles. The SMILES string of the molecule is COc1ccc(CCN(C)CCc2ccc(-n3nnc(-c4cc(OC)c(OC)cc4NC(=O)Oc4cc(=O)c5ccccc5o4)n3)cc2)cc1OC. The Kier molecular flexibility index (Phi) is 11.0. The lowest BCUT2D eigenvalue weighted by Gasteiger charge is -2.17. The molecule has 2 aromatic heterocycles. The van der Waals surface area contributed by atoms with Gasteiger partial charge in [-0.05, 0) is 78.7 Å². The Morgan fingerprint density at radius 1 is 0.788 bits per heavy atom. The number of anilines is 1. The molecule has 2 heterocycles. The molecule has 6 rings (SSSR count). The van der Waals surface area contributed by atoms with Gasteiger partial charge in [-0.25, -0.2) is 4.79 Å². The van der Waals surface area contributed by atoms with Crippen molar-refractivity contribution in [3.8, 4) is 46.0 Å². The molecular formula is C38H38N6O8. The van der Waals surface area contributed by atoms with E-state index in [2.05, 4.69) is 38.7 Å². The van der Waals surface area contributed by atoms with Crippen molar-refractivity contribution in [2.45, 2.75) is 12.8 Å². The summed E-state index contributed by atoms with van der Waals surface area (Å²) in [6.07, 6.45) is 0.830. The number of rotatable bonds is 14. The van der Waals surface area contributed by atoms with Gasteiger partial charge >= 0.3 is 6.09 Å². The molecule has 0 aliphatic rings. The fourth-order valence-electron chi connectivity index (χ4n) is 5.54. The number of hydrogen-bond acceptors (Lipinski definition) is 12. The molecule has 0 aliphatic carbocycles. The molecule has 0 atom stereocenters. The number of hydrogen-bond donors (Lipinski definition) is 1. The van der Waals surface area contributed by atoms with E-state index in [1.54, 1.807) is 50.6 Å². The highest BCUT2D eigenvalue weighted by atomic mass is 16.6. The summed E-state index contributed by atoms with van der Waals surface area (Å²) in [7, 11) is 8.34. The number of ether oxygens (including phenoxy) is 5. The van der Waals surface area contributed by atoms with Crippen LogP contribution in [0.3, 0.4) is 0 Å². The lowest BCUT2D eigenvalue weighted by atomic mass is 10.1. The number of benzene rings is 4. The van der Waals surface area contributed by atoms with Crippen molar-refractivity contribution in [2.24, 2.45) is 0 Å². The molecule has 4 aromatic carbocycles. The molecule has 14 heteroatoms. The summed E-state index contributed by atoms with van der Waals surface area (Å²) in [5, 5.41) is 16.1. The molecule has 52 heavy (non-hydrogen) atoms. The minimum absolute atomic E-state index is 0.202. The van der Waals surface area contributed by atoms with Gasteiger partial charge in [-0.2, -0.15) is 0 Å². The van der Waals surface area contributed by atoms with Gasteiger partial charge in [0.1, 0.15) is 5.58 Å². The lowest BCUT2D eigenvalue weighted by Crippen LogP contribution is -2.23. The third-order valence-corrected chi connectivity index (χ3v) is 8.40. The van der Waals surface area contributed by atoms with E-state index in [9.17, 15) is 9.59 Å². The van der Waals surface area contributed by atoms with Gasteiger partial charge in [-0.1, -0.05) is 30.3 Å². The van der Waals surface area contributed by atoms with Crippen LogP contribution in [0.1, 0.15) is 11.1 Å². The molecule has 0 aliphatic heterocycles. The van der Waals surface area contributed by atoms with E-state index in [1.807, 2.05) is 36.4 Å². The number of methoxy groups -OCH3 is 4. The Morgan fingerprint density at radius 2 is 1.44 bits per heavy atom. The number of tetrazole rings is 1. The second-order valence-electron chi connectivity index (χ2n) is 11.8. The van der Waals surface area contributed by atoms with Crippen LogP contribution in [0.4, 0.5) is 10.5 Å². The van der Waals surface area contributed by atoms with Gasteiger partial charge in [0.05, 0.1) is 56.8 Å². The van der Waals surface area contributed by atoms with Crippen molar-refractivity contribution in [3.05, 3.63) is 106 Å². The second-order valence-corrected chi connectivity index (χ2v) is 11.8. The number of nitrogens with zero attached hydrogens (tertiary/aromatic N) is 5. The molecule has 0 saturated heterocycles. The Balaban J connectivity index is 1.12. The minimum atomic E-state index is -0.915. The van der Waals surface area contributed by atoms with Gasteiger partial charge in [0.25, 0.3) is 5.95 Å². The van der Waals surface area contributed by atoms with Crippen molar-refractivity contribution in [1.82, 2.24) is 25.1 Å². The predicted octanol–water partition coefficient (Wildman–Crippen LogP) is 5.80. The van der Waals surface area contributed by atoms with Crippen LogP contribution in [0, 0.1) is 0 Å². The zero-order chi connectivity index (χ0) is 36.6. The number of carbonyl (C=O) groups is 1. The Labute approximate surface area is 299 Å². The monoisotopic (exact) mass is 706 g/mol. The third-order valence-electron chi connectivity index (χ3n) is 8.40. The normalized spacial score (nSPS) is 11.0. The van der Waals surface area contributed by atoms with Crippen molar-refractivity contribution in [3.63, 3.8) is 0 Å². The maximum absolute atomic E-state index is 13.0. The molecule has 0 spiro atoms. The molecule has 0 radical (unpaired) electrons. The lowest BCUT2D eigenvalue weighted by molar-refractivity contribution is 0.202. The summed E-state index contributed by atoms with van der Waals surface area (Å²) in [6.45, 7) is 1.77. The number of nitrogens with one attached hydrogen (secondary N) is 1. The van der Waals surface area contributed by atoms with Gasteiger partial charge < -0.3 is 33.0 Å². The van der Waals surface area contributed by atoms with E-state index in [-0.39, 0.29) is 28.5 Å². The summed E-state index contributed by atoms with van der Waals surface area (Å²) in [4.78, 5) is 29.2. The van der Waals surface area contributed by atoms with Crippen molar-refractivity contribution >= 4 is 22.7 Å². The van der Waals surface area contributed by atoms with Gasteiger partial charge in [0.15, 0.2) is 28.4 Å². The number of likely N-dealkylation sites (N-methyl/N-ethyl adjacent to an activating group) is 1. The topological polar surface area (TPSA) is 152 Å². The van der Waals surface area contributed by atoms with Crippen LogP contribution >= 0.6 is 0 Å². The molecule has 1 N–H and O–H groups in total. The van der Waals surface area contributed by atoms with Gasteiger partial charge in [-0.3, -0.25) is 10.1 Å². The molecule has 6 aromatic rings. The Bertz CT molecular complexity index is 2230. The fraction of sp³-hybridized carbons (Fsp3) is 0.237. The smallest absolute Gasteiger partial charge is 0.419 e. The molecule has 0 bridgehead atoms. The highest BCUT2D eigenvalue weighted by Gasteiger charge is 2.20. The van der Waals surface area contributed by atoms with E-state index < -0.39 is 6.09 Å². The molecule has 0 fully saturated rings. The van der Waals surface area contributed by atoms with Gasteiger partial charge in [0, 0.05) is 19.2 Å². The van der Waals surface area contributed by atoms with E-state index in [0.29, 0.717) is 28.1 Å². The summed E-state index contributed by atoms with van der Waals surface area (Å²) in [5.74, 6) is 2.11. The van der Waals surface area contributed by atoms with Crippen LogP contribution in [0.5, 0.6) is 28.9 Å². The number of fused-ring (bicyclic) bond motifs is 1. The van der Waals surface area contributed by atoms with Gasteiger partial charge in [0.2, 0.25) is 5.82 Å². The first-order valence-corrected chi connectivity index (χ1v) is 16.4. The first-order chi connectivity index (χ1) is 25.3. The fourth-order valence-corrected chi connectivity index (χ4v) is 5.54. The van der Waals surface area contributed by atoms with Crippen LogP contribution in [-0.2, 0) is 12.8 Å². The number of carbonyl (C=O) groups excluding carboxylic acids is 1. The quantitative estimate of drug-likeness (QED) is 0.146. The van der Waals surface area contributed by atoms with Crippen molar-refractivity contribution in [1.29, 1.82) is 0 Å². The van der Waals surface area contributed by atoms with Crippen molar-refractivity contribution < 1.29 is 32.9 Å². The number of aromatic nitrogens is 4. The van der Waals surface area contributed by atoms with Crippen LogP contribution in [0.15, 0.2) is 94.1 Å². The molecule has 268 valence electrons. The molecule has 1 amide bonds. The number of amides is 1. The van der Waals surface area contributed by atoms with E-state index in [4.69, 9.17) is 28.1 Å². The van der Waals surface area contributed by atoms with E-state index >= 15 is 0 Å². The van der Waals surface area contributed by atoms with Crippen molar-refractivity contribution in [2.75, 3.05) is 53.9 Å². The molecular weight excluding hydrogens is 668 g/mol. The number of para-hydroxylation sites is 1. The summed E-state index contributed by atoms with van der Waals surface area (Å²) >= 11 is 0. The standard InChI is InChI=1S/C38H38N6O8/c1-43(19-17-25-12-15-32(47-2)33(20-25)48-3)18-16-24-10-13-26(14-11-24)44-41-37(40-42-44)28-21-34(49-4)35(50-5)22-29(28)39-38(46)52-36-23-30(45)27-8-6-7-9-31(27)51-36/h6-15,20-23H,16-19H2,1-5H3,(H,39,46). The second kappa shape index (κ2) is 16.1. The molecule has 0 unspecified atom stereocenters. The average molecular weight is 707 g/mol. The summed E-state index contributed by atoms with van der Waals surface area (Å²) in [6, 6.07) is 24.9. The minimum Gasteiger partial charge on any atom is -0.493 e. The van der Waals surface area contributed by atoms with Crippen LogP contribution in [-0.4, -0.2) is 79.8 Å². The van der Waals surface area contributed by atoms with Crippen LogP contribution < -0.4 is 34.4 Å². The predicted molar refractivity (Wildman–Crippen MR) is 194 cm³/mol. The van der Waals surface area contributed by atoms with E-state index in [0.717, 1.165) is 49.1 Å². The maximum Gasteiger partial charge on any atom is 0.419 e. The summed E-state index contributed by atoms with van der Waals surface area (Å²) in [5.41, 5.74) is 3.61. The highest BCUT2D eigenvalue weighted by molar-refractivity contribution is 5.92. The first kappa shape index (κ1) is 35.4. The van der Waals surface area contributed by atoms with Gasteiger partial charge in [-0.15, -0.1) is 15.0 Å². The first-order valence-electron chi connectivity index (χ1n) is 16.4. The third kappa shape index (κ3) is 8.13. The largest absolute Gasteiger partial charge is 0.493 e. The zero-order valence-corrected chi connectivity index (χ0v) is 29.4. The van der Waals surface area contributed by atoms with Crippen LogP contribution in [0.2, 0.25) is 0 Å². The molecule has 14 nitrogen and oxygen atoms in total. The summed E-state index contributed by atoms with van der Waals surface area (Å²) < 4.78 is 32.7. The van der Waals surface area contributed by atoms with Crippen LogP contribution in [0.25, 0.3) is 28.0 Å². The maximum atomic E-state index is 13.0. The van der Waals surface area contributed by atoms with E-state index in [1.165, 1.54) is 24.6 Å². The Hall–Kier alpha value is -6.41. The average Bonchev–Trinajstić information content (AvgIpc) is 3.66.